The van der Waals surface area contributed by atoms with Gasteiger partial charge in [0, 0.05) is 17.8 Å². The van der Waals surface area contributed by atoms with E-state index >= 15 is 0 Å². The first-order valence-electron chi connectivity index (χ1n) is 12.2. The van der Waals surface area contributed by atoms with Crippen LogP contribution in [0.5, 0.6) is 0 Å². The minimum Gasteiger partial charge on any atom is -0.468 e. The molecule has 2 aromatic carbocycles. The molecular formula is C28H27N5O3. The summed E-state index contributed by atoms with van der Waals surface area (Å²) in [6, 6.07) is 18.1. The molecule has 1 spiro atoms. The number of ether oxygens (including phenoxy) is 1. The highest BCUT2D eigenvalue weighted by molar-refractivity contribution is 6.13. The molecule has 4 aromatic rings. The summed E-state index contributed by atoms with van der Waals surface area (Å²) in [5.41, 5.74) is 3.20. The van der Waals surface area contributed by atoms with Crippen molar-refractivity contribution < 1.29 is 14.3 Å². The highest BCUT2D eigenvalue weighted by Gasteiger charge is 2.52. The summed E-state index contributed by atoms with van der Waals surface area (Å²) in [5.74, 6) is 0.634. The summed E-state index contributed by atoms with van der Waals surface area (Å²) in [6.45, 7) is 2.28. The third-order valence-corrected chi connectivity index (χ3v) is 7.51. The number of carbonyl (C=O) groups excluding carboxylic acids is 2. The van der Waals surface area contributed by atoms with Gasteiger partial charge in [0.05, 0.1) is 42.2 Å². The fraction of sp³-hybridized carbons (Fsp3) is 0.286. The van der Waals surface area contributed by atoms with Crippen LogP contribution >= 0.6 is 0 Å². The number of pyridine rings is 1. The number of aromatic nitrogens is 3. The predicted molar refractivity (Wildman–Crippen MR) is 136 cm³/mol. The molecule has 182 valence electrons. The molecule has 2 aromatic heterocycles. The van der Waals surface area contributed by atoms with Crippen LogP contribution in [0.2, 0.25) is 0 Å². The Kier molecular flexibility index (Phi) is 5.53. The molecule has 6 rings (SSSR count). The van der Waals surface area contributed by atoms with E-state index in [4.69, 9.17) is 4.74 Å². The number of carbonyl (C=O) groups is 2. The monoisotopic (exact) mass is 481 g/mol. The van der Waals surface area contributed by atoms with Crippen molar-refractivity contribution in [1.82, 2.24) is 19.4 Å². The number of methoxy groups -OCH3 is 1. The second-order valence-electron chi connectivity index (χ2n) is 9.45. The van der Waals surface area contributed by atoms with Gasteiger partial charge in [0.15, 0.2) is 0 Å². The van der Waals surface area contributed by atoms with E-state index in [1.165, 1.54) is 7.11 Å². The van der Waals surface area contributed by atoms with Crippen LogP contribution in [0.1, 0.15) is 24.2 Å². The van der Waals surface area contributed by atoms with Crippen molar-refractivity contribution in [3.05, 3.63) is 84.6 Å². The molecule has 36 heavy (non-hydrogen) atoms. The zero-order valence-electron chi connectivity index (χ0n) is 20.1. The first kappa shape index (κ1) is 22.4. The van der Waals surface area contributed by atoms with Gasteiger partial charge in [0.1, 0.15) is 12.4 Å². The van der Waals surface area contributed by atoms with Crippen LogP contribution in [0, 0.1) is 0 Å². The highest BCUT2D eigenvalue weighted by atomic mass is 16.5. The summed E-state index contributed by atoms with van der Waals surface area (Å²) in [5, 5.41) is 1.01. The van der Waals surface area contributed by atoms with Crippen LogP contribution in [0.4, 0.5) is 11.4 Å². The Morgan fingerprint density at radius 1 is 1.06 bits per heavy atom. The fourth-order valence-electron chi connectivity index (χ4n) is 5.57. The van der Waals surface area contributed by atoms with Crippen molar-refractivity contribution >= 4 is 34.2 Å². The summed E-state index contributed by atoms with van der Waals surface area (Å²) in [7, 11) is 1.39. The average Bonchev–Trinajstić information content (AvgIpc) is 3.44. The third kappa shape index (κ3) is 3.65. The molecule has 8 heteroatoms. The van der Waals surface area contributed by atoms with Crippen molar-refractivity contribution in [2.45, 2.75) is 31.3 Å². The summed E-state index contributed by atoms with van der Waals surface area (Å²) >= 11 is 0. The Morgan fingerprint density at radius 2 is 1.83 bits per heavy atom. The molecule has 0 aliphatic carbocycles. The molecule has 1 fully saturated rings. The van der Waals surface area contributed by atoms with Gasteiger partial charge >= 0.3 is 5.97 Å². The molecule has 0 saturated carbocycles. The Hall–Kier alpha value is -4.04. The van der Waals surface area contributed by atoms with Gasteiger partial charge in [-0.05, 0) is 49.7 Å². The lowest BCUT2D eigenvalue weighted by molar-refractivity contribution is -0.141. The van der Waals surface area contributed by atoms with Gasteiger partial charge in [-0.1, -0.05) is 36.4 Å². The Balaban J connectivity index is 1.26. The molecule has 0 bridgehead atoms. The average molecular weight is 482 g/mol. The lowest BCUT2D eigenvalue weighted by Crippen LogP contribution is -2.47. The Labute approximate surface area is 209 Å². The first-order chi connectivity index (χ1) is 17.6. The zero-order chi connectivity index (χ0) is 24.7. The van der Waals surface area contributed by atoms with Gasteiger partial charge in [-0.25, -0.2) is 4.98 Å². The fourth-order valence-corrected chi connectivity index (χ4v) is 5.57. The minimum absolute atomic E-state index is 0.118. The Morgan fingerprint density at radius 3 is 2.67 bits per heavy atom. The van der Waals surface area contributed by atoms with Crippen LogP contribution in [0.3, 0.4) is 0 Å². The smallest absolute Gasteiger partial charge is 0.325 e. The van der Waals surface area contributed by atoms with Gasteiger partial charge in [0.25, 0.3) is 0 Å². The van der Waals surface area contributed by atoms with E-state index in [-0.39, 0.29) is 18.4 Å². The van der Waals surface area contributed by atoms with Gasteiger partial charge in [-0.2, -0.15) is 0 Å². The number of likely N-dealkylation sites (tertiary alicyclic amines) is 1. The molecule has 0 unspecified atom stereocenters. The molecule has 1 amide bonds. The second kappa shape index (κ2) is 8.87. The Bertz CT molecular complexity index is 1450. The summed E-state index contributed by atoms with van der Waals surface area (Å²) < 4.78 is 6.62. The van der Waals surface area contributed by atoms with Crippen LogP contribution < -0.4 is 4.90 Å². The van der Waals surface area contributed by atoms with Gasteiger partial charge in [0.2, 0.25) is 5.91 Å². The number of anilines is 2. The topological polar surface area (TPSA) is 80.6 Å². The first-order valence-corrected chi connectivity index (χ1v) is 12.2. The van der Waals surface area contributed by atoms with E-state index in [1.807, 2.05) is 58.0 Å². The molecule has 0 N–H and O–H groups in total. The summed E-state index contributed by atoms with van der Waals surface area (Å²) in [6.07, 6.45) is 6.74. The van der Waals surface area contributed by atoms with Crippen molar-refractivity contribution in [2.24, 2.45) is 0 Å². The maximum absolute atomic E-state index is 14.1. The second-order valence-corrected chi connectivity index (χ2v) is 9.45. The van der Waals surface area contributed by atoms with E-state index in [1.54, 1.807) is 18.6 Å². The number of hydrogen-bond donors (Lipinski definition) is 0. The van der Waals surface area contributed by atoms with Gasteiger partial charge < -0.3 is 9.30 Å². The quantitative estimate of drug-likeness (QED) is 0.403. The van der Waals surface area contributed by atoms with Crippen molar-refractivity contribution in [2.75, 3.05) is 25.1 Å². The number of benzene rings is 2. The lowest BCUT2D eigenvalue weighted by Gasteiger charge is -2.38. The normalized spacial score (nSPS) is 17.0. The number of esters is 1. The number of imidazole rings is 1. The molecular weight excluding hydrogens is 454 g/mol. The molecule has 8 nitrogen and oxygen atoms in total. The standard InChI is InChI=1S/C28H27N5O3/c1-36-26(34)19-32-15-12-29-25(32)18-31-13-10-28(11-14-31)22-7-3-5-9-24(22)33(27(28)35)21-16-20-6-2-4-8-23(20)30-17-21/h2-9,12,15-17H,10-11,13-14,18-19H2,1H3. The molecule has 0 radical (unpaired) electrons. The molecule has 2 aliphatic rings. The molecule has 0 atom stereocenters. The van der Waals surface area contributed by atoms with Crippen LogP contribution in [-0.2, 0) is 32.8 Å². The summed E-state index contributed by atoms with van der Waals surface area (Å²) in [4.78, 5) is 39.1. The van der Waals surface area contributed by atoms with E-state index < -0.39 is 5.41 Å². The maximum atomic E-state index is 14.1. The number of amides is 1. The lowest BCUT2D eigenvalue weighted by atomic mass is 9.73. The van der Waals surface area contributed by atoms with E-state index in [0.717, 1.165) is 59.6 Å². The molecule has 2 aliphatic heterocycles. The van der Waals surface area contributed by atoms with Crippen molar-refractivity contribution in [3.63, 3.8) is 0 Å². The minimum atomic E-state index is -0.555. The van der Waals surface area contributed by atoms with E-state index in [2.05, 4.69) is 20.9 Å². The molecule has 1 saturated heterocycles. The van der Waals surface area contributed by atoms with Crippen LogP contribution in [0.25, 0.3) is 10.9 Å². The number of rotatable bonds is 5. The van der Waals surface area contributed by atoms with Crippen LogP contribution in [0.15, 0.2) is 73.2 Å². The van der Waals surface area contributed by atoms with Crippen molar-refractivity contribution in [3.8, 4) is 0 Å². The number of fused-ring (bicyclic) bond motifs is 3. The largest absolute Gasteiger partial charge is 0.468 e. The predicted octanol–water partition coefficient (Wildman–Crippen LogP) is 3.82. The SMILES string of the molecule is COC(=O)Cn1ccnc1CN1CCC2(CC1)C(=O)N(c1cnc3ccccc3c1)c1ccccc12. The maximum Gasteiger partial charge on any atom is 0.325 e. The van der Waals surface area contributed by atoms with Crippen molar-refractivity contribution in [1.29, 1.82) is 0 Å². The van der Waals surface area contributed by atoms with Gasteiger partial charge in [-0.3, -0.25) is 24.4 Å². The number of para-hydroxylation sites is 2. The zero-order valence-corrected chi connectivity index (χ0v) is 20.1. The number of nitrogens with zero attached hydrogens (tertiary/aromatic N) is 5. The number of piperidine rings is 1. The number of hydrogen-bond acceptors (Lipinski definition) is 6. The van der Waals surface area contributed by atoms with Crippen LogP contribution in [-0.4, -0.2) is 51.5 Å². The highest BCUT2D eigenvalue weighted by Crippen LogP contribution is 2.50. The van der Waals surface area contributed by atoms with Gasteiger partial charge in [-0.15, -0.1) is 0 Å². The van der Waals surface area contributed by atoms with E-state index in [9.17, 15) is 9.59 Å². The molecule has 4 heterocycles. The third-order valence-electron chi connectivity index (χ3n) is 7.51. The van der Waals surface area contributed by atoms with E-state index in [0.29, 0.717) is 6.54 Å².